The second-order valence-corrected chi connectivity index (χ2v) is 7.34. The van der Waals surface area contributed by atoms with Crippen LogP contribution in [-0.4, -0.2) is 0 Å². The average molecular weight is 300 g/mol. The van der Waals surface area contributed by atoms with Crippen LogP contribution in [0.2, 0.25) is 5.02 Å². The molecular formula is C19H22ClN. The Labute approximate surface area is 132 Å². The second-order valence-electron chi connectivity index (χ2n) is 6.90. The number of aryl methyl sites for hydroxylation is 2. The van der Waals surface area contributed by atoms with E-state index >= 15 is 0 Å². The summed E-state index contributed by atoms with van der Waals surface area (Å²) in [6.07, 6.45) is 1.09. The Kier molecular flexibility index (Phi) is 3.49. The minimum absolute atomic E-state index is 0.184. The van der Waals surface area contributed by atoms with E-state index < -0.39 is 0 Å². The Morgan fingerprint density at radius 1 is 1.10 bits per heavy atom. The number of hydrogen-bond acceptors (Lipinski definition) is 1. The quantitative estimate of drug-likeness (QED) is 0.751. The maximum absolute atomic E-state index is 6.21. The second kappa shape index (κ2) is 5.06. The first-order valence-electron chi connectivity index (χ1n) is 7.49. The molecule has 0 bridgehead atoms. The molecule has 2 aromatic rings. The van der Waals surface area contributed by atoms with E-state index in [0.29, 0.717) is 6.04 Å². The van der Waals surface area contributed by atoms with Gasteiger partial charge in [-0.05, 0) is 66.1 Å². The predicted molar refractivity (Wildman–Crippen MR) is 91.2 cm³/mol. The van der Waals surface area contributed by atoms with E-state index in [-0.39, 0.29) is 5.41 Å². The standard InChI is InChI=1S/C19H22ClN/c1-12-5-6-13(2)17(9-12)21-18-16-10-15(20)8-7-14(16)11-19(18,3)4/h5-10,18,21H,11H2,1-4H3. The molecule has 110 valence electrons. The Morgan fingerprint density at radius 3 is 2.62 bits per heavy atom. The molecule has 1 nitrogen and oxygen atoms in total. The number of benzene rings is 2. The third kappa shape index (κ3) is 2.67. The molecule has 0 heterocycles. The van der Waals surface area contributed by atoms with Crippen molar-refractivity contribution in [3.63, 3.8) is 0 Å². The van der Waals surface area contributed by atoms with E-state index in [2.05, 4.69) is 63.3 Å². The third-order valence-corrected chi connectivity index (χ3v) is 4.77. The van der Waals surface area contributed by atoms with Crippen molar-refractivity contribution < 1.29 is 0 Å². The zero-order valence-corrected chi connectivity index (χ0v) is 13.9. The summed E-state index contributed by atoms with van der Waals surface area (Å²) in [7, 11) is 0. The van der Waals surface area contributed by atoms with Gasteiger partial charge in [-0.2, -0.15) is 0 Å². The topological polar surface area (TPSA) is 12.0 Å². The maximum Gasteiger partial charge on any atom is 0.0571 e. The third-order valence-electron chi connectivity index (χ3n) is 4.54. The van der Waals surface area contributed by atoms with Gasteiger partial charge in [0.1, 0.15) is 0 Å². The molecule has 2 aromatic carbocycles. The number of fused-ring (bicyclic) bond motifs is 1. The number of hydrogen-bond donors (Lipinski definition) is 1. The number of anilines is 1. The molecule has 0 fully saturated rings. The van der Waals surface area contributed by atoms with Gasteiger partial charge in [0, 0.05) is 10.7 Å². The molecule has 0 aliphatic heterocycles. The molecule has 0 radical (unpaired) electrons. The first-order valence-corrected chi connectivity index (χ1v) is 7.87. The van der Waals surface area contributed by atoms with Gasteiger partial charge in [-0.3, -0.25) is 0 Å². The summed E-state index contributed by atoms with van der Waals surface area (Å²) >= 11 is 6.21. The van der Waals surface area contributed by atoms with Gasteiger partial charge in [-0.1, -0.05) is 43.6 Å². The van der Waals surface area contributed by atoms with Crippen LogP contribution in [0.3, 0.4) is 0 Å². The van der Waals surface area contributed by atoms with Crippen molar-refractivity contribution >= 4 is 17.3 Å². The molecular weight excluding hydrogens is 278 g/mol. The van der Waals surface area contributed by atoms with Crippen LogP contribution in [0.25, 0.3) is 0 Å². The Morgan fingerprint density at radius 2 is 1.86 bits per heavy atom. The molecule has 0 saturated carbocycles. The highest BCUT2D eigenvalue weighted by atomic mass is 35.5. The normalized spacial score (nSPS) is 19.4. The van der Waals surface area contributed by atoms with Gasteiger partial charge in [0.15, 0.2) is 0 Å². The fourth-order valence-electron chi connectivity index (χ4n) is 3.33. The molecule has 1 N–H and O–H groups in total. The molecule has 3 rings (SSSR count). The van der Waals surface area contributed by atoms with Crippen LogP contribution in [0.1, 0.15) is 42.1 Å². The summed E-state index contributed by atoms with van der Waals surface area (Å²) in [5, 5.41) is 4.58. The van der Waals surface area contributed by atoms with Crippen LogP contribution in [-0.2, 0) is 6.42 Å². The highest BCUT2D eigenvalue weighted by Gasteiger charge is 2.39. The SMILES string of the molecule is Cc1ccc(C)c(NC2c3cc(Cl)ccc3CC2(C)C)c1. The number of nitrogens with one attached hydrogen (secondary N) is 1. The molecule has 0 saturated heterocycles. The molecule has 1 aliphatic carbocycles. The predicted octanol–water partition coefficient (Wildman–Crippen LogP) is 5.69. The summed E-state index contributed by atoms with van der Waals surface area (Å²) in [6, 6.07) is 13.2. The van der Waals surface area contributed by atoms with Crippen molar-refractivity contribution in [2.24, 2.45) is 5.41 Å². The fourth-order valence-corrected chi connectivity index (χ4v) is 3.51. The minimum Gasteiger partial charge on any atom is -0.377 e. The number of halogens is 1. The van der Waals surface area contributed by atoms with Crippen LogP contribution >= 0.6 is 11.6 Å². The molecule has 2 heteroatoms. The fraction of sp³-hybridized carbons (Fsp3) is 0.368. The van der Waals surface area contributed by atoms with Crippen LogP contribution in [0.5, 0.6) is 0 Å². The Hall–Kier alpha value is -1.47. The van der Waals surface area contributed by atoms with Gasteiger partial charge in [0.25, 0.3) is 0 Å². The summed E-state index contributed by atoms with van der Waals surface area (Å²) in [6.45, 7) is 8.94. The van der Waals surface area contributed by atoms with Crippen molar-refractivity contribution in [3.05, 3.63) is 63.7 Å². The van der Waals surface area contributed by atoms with Crippen LogP contribution in [0, 0.1) is 19.3 Å². The first kappa shape index (κ1) is 14.5. The highest BCUT2D eigenvalue weighted by Crippen LogP contribution is 2.47. The average Bonchev–Trinajstić information content (AvgIpc) is 2.65. The molecule has 1 aliphatic rings. The van der Waals surface area contributed by atoms with Crippen LogP contribution in [0.4, 0.5) is 5.69 Å². The van der Waals surface area contributed by atoms with E-state index in [1.165, 1.54) is 27.9 Å². The van der Waals surface area contributed by atoms with Gasteiger partial charge in [-0.15, -0.1) is 0 Å². The Balaban J connectivity index is 2.01. The number of rotatable bonds is 2. The molecule has 0 spiro atoms. The summed E-state index contributed by atoms with van der Waals surface area (Å²) < 4.78 is 0. The van der Waals surface area contributed by atoms with Gasteiger partial charge < -0.3 is 5.32 Å². The lowest BCUT2D eigenvalue weighted by atomic mass is 9.85. The Bertz CT molecular complexity index is 688. The summed E-state index contributed by atoms with van der Waals surface area (Å²) in [5.41, 5.74) is 6.72. The summed E-state index contributed by atoms with van der Waals surface area (Å²) in [4.78, 5) is 0. The zero-order chi connectivity index (χ0) is 15.2. The van der Waals surface area contributed by atoms with Gasteiger partial charge >= 0.3 is 0 Å². The lowest BCUT2D eigenvalue weighted by Crippen LogP contribution is -2.24. The summed E-state index contributed by atoms with van der Waals surface area (Å²) in [5.74, 6) is 0. The van der Waals surface area contributed by atoms with Crippen molar-refractivity contribution in [1.29, 1.82) is 0 Å². The van der Waals surface area contributed by atoms with E-state index in [1.54, 1.807) is 0 Å². The molecule has 1 atom stereocenters. The lowest BCUT2D eigenvalue weighted by molar-refractivity contribution is 0.337. The monoisotopic (exact) mass is 299 g/mol. The van der Waals surface area contributed by atoms with Crippen molar-refractivity contribution in [2.75, 3.05) is 5.32 Å². The van der Waals surface area contributed by atoms with Gasteiger partial charge in [0.05, 0.1) is 6.04 Å². The van der Waals surface area contributed by atoms with Crippen LogP contribution in [0.15, 0.2) is 36.4 Å². The molecule has 0 aromatic heterocycles. The smallest absolute Gasteiger partial charge is 0.0571 e. The van der Waals surface area contributed by atoms with E-state index in [1.807, 2.05) is 6.07 Å². The van der Waals surface area contributed by atoms with Gasteiger partial charge in [0.2, 0.25) is 0 Å². The van der Waals surface area contributed by atoms with E-state index in [4.69, 9.17) is 11.6 Å². The van der Waals surface area contributed by atoms with Gasteiger partial charge in [-0.25, -0.2) is 0 Å². The molecule has 1 unspecified atom stereocenters. The molecule has 0 amide bonds. The van der Waals surface area contributed by atoms with Crippen molar-refractivity contribution in [2.45, 2.75) is 40.2 Å². The largest absolute Gasteiger partial charge is 0.377 e. The zero-order valence-electron chi connectivity index (χ0n) is 13.1. The first-order chi connectivity index (χ1) is 9.87. The van der Waals surface area contributed by atoms with Crippen molar-refractivity contribution in [3.8, 4) is 0 Å². The van der Waals surface area contributed by atoms with Crippen LogP contribution < -0.4 is 5.32 Å². The van der Waals surface area contributed by atoms with Crippen molar-refractivity contribution in [1.82, 2.24) is 0 Å². The molecule has 21 heavy (non-hydrogen) atoms. The minimum atomic E-state index is 0.184. The maximum atomic E-state index is 6.21. The van der Waals surface area contributed by atoms with E-state index in [9.17, 15) is 0 Å². The lowest BCUT2D eigenvalue weighted by Gasteiger charge is -2.30. The van der Waals surface area contributed by atoms with E-state index in [0.717, 1.165) is 11.4 Å². The highest BCUT2D eigenvalue weighted by molar-refractivity contribution is 6.30.